The summed E-state index contributed by atoms with van der Waals surface area (Å²) in [6, 6.07) is 1.32. The molecule has 2 aliphatic rings. The normalized spacial score (nSPS) is 31.2. The maximum atomic E-state index is 4.53. The first-order valence-electron chi connectivity index (χ1n) is 6.87. The van der Waals surface area contributed by atoms with Gasteiger partial charge in [-0.1, -0.05) is 26.2 Å². The van der Waals surface area contributed by atoms with E-state index in [0.717, 1.165) is 18.4 Å². The molecule has 3 heteroatoms. The van der Waals surface area contributed by atoms with Crippen molar-refractivity contribution in [1.29, 1.82) is 0 Å². The Morgan fingerprint density at radius 2 is 1.88 bits per heavy atom. The monoisotopic (exact) mass is 223 g/mol. The molecule has 2 atom stereocenters. The van der Waals surface area contributed by atoms with Crippen LogP contribution in [-0.2, 0) is 0 Å². The highest BCUT2D eigenvalue weighted by molar-refractivity contribution is 5.80. The Morgan fingerprint density at radius 1 is 1.19 bits per heavy atom. The Morgan fingerprint density at radius 3 is 2.44 bits per heavy atom. The van der Waals surface area contributed by atoms with Crippen molar-refractivity contribution in [2.75, 3.05) is 6.54 Å². The number of hydrogen-bond donors (Lipinski definition) is 2. The summed E-state index contributed by atoms with van der Waals surface area (Å²) < 4.78 is 0. The van der Waals surface area contributed by atoms with E-state index in [0.29, 0.717) is 12.1 Å². The largest absolute Gasteiger partial charge is 0.354 e. The summed E-state index contributed by atoms with van der Waals surface area (Å²) in [5.74, 6) is 1.87. The molecule has 0 radical (unpaired) electrons. The first-order chi connectivity index (χ1) is 7.79. The third-order valence-electron chi connectivity index (χ3n) is 3.69. The smallest absolute Gasteiger partial charge is 0.191 e. The van der Waals surface area contributed by atoms with Crippen LogP contribution >= 0.6 is 0 Å². The van der Waals surface area contributed by atoms with Crippen LogP contribution in [0.1, 0.15) is 52.4 Å². The van der Waals surface area contributed by atoms with Gasteiger partial charge >= 0.3 is 0 Å². The van der Waals surface area contributed by atoms with Crippen LogP contribution in [0.2, 0.25) is 0 Å². The van der Waals surface area contributed by atoms with E-state index in [1.165, 1.54) is 38.5 Å². The van der Waals surface area contributed by atoms with Crippen LogP contribution in [-0.4, -0.2) is 24.6 Å². The summed E-state index contributed by atoms with van der Waals surface area (Å²) in [7, 11) is 0. The molecule has 2 unspecified atom stereocenters. The lowest BCUT2D eigenvalue weighted by atomic mass is 9.96. The Bertz CT molecular complexity index is 244. The van der Waals surface area contributed by atoms with Crippen LogP contribution in [0.25, 0.3) is 0 Å². The lowest BCUT2D eigenvalue weighted by Gasteiger charge is -2.25. The number of aliphatic imine (C=N–C) groups is 1. The van der Waals surface area contributed by atoms with Crippen LogP contribution in [0, 0.1) is 5.92 Å². The highest BCUT2D eigenvalue weighted by Gasteiger charge is 2.33. The van der Waals surface area contributed by atoms with E-state index in [2.05, 4.69) is 29.5 Å². The van der Waals surface area contributed by atoms with Crippen molar-refractivity contribution in [2.45, 2.75) is 64.5 Å². The Labute approximate surface area is 99.1 Å². The lowest BCUT2D eigenvalue weighted by Crippen LogP contribution is -2.45. The van der Waals surface area contributed by atoms with Gasteiger partial charge in [-0.25, -0.2) is 0 Å². The van der Waals surface area contributed by atoms with Gasteiger partial charge in [0.25, 0.3) is 0 Å². The minimum Gasteiger partial charge on any atom is -0.354 e. The van der Waals surface area contributed by atoms with Crippen molar-refractivity contribution in [3.8, 4) is 0 Å². The van der Waals surface area contributed by atoms with Gasteiger partial charge in [0.05, 0.1) is 0 Å². The van der Waals surface area contributed by atoms with E-state index in [-0.39, 0.29) is 0 Å². The van der Waals surface area contributed by atoms with Crippen molar-refractivity contribution >= 4 is 5.96 Å². The van der Waals surface area contributed by atoms with Gasteiger partial charge in [-0.05, 0) is 32.1 Å². The quantitative estimate of drug-likeness (QED) is 0.569. The lowest BCUT2D eigenvalue weighted by molar-refractivity contribution is 0.409. The van der Waals surface area contributed by atoms with Crippen molar-refractivity contribution in [3.05, 3.63) is 0 Å². The molecule has 2 rings (SSSR count). The summed E-state index contributed by atoms with van der Waals surface area (Å²) in [5.41, 5.74) is 0. The van der Waals surface area contributed by atoms with Crippen LogP contribution in [0.15, 0.2) is 4.99 Å². The highest BCUT2D eigenvalue weighted by Crippen LogP contribution is 2.28. The van der Waals surface area contributed by atoms with Gasteiger partial charge in [0.15, 0.2) is 5.96 Å². The average Bonchev–Trinajstić information content (AvgIpc) is 2.96. The summed E-state index contributed by atoms with van der Waals surface area (Å²) in [5, 5.41) is 7.12. The van der Waals surface area contributed by atoms with Crippen molar-refractivity contribution in [1.82, 2.24) is 10.6 Å². The predicted octanol–water partition coefficient (Wildman–Crippen LogP) is 2.28. The molecule has 0 spiro atoms. The van der Waals surface area contributed by atoms with E-state index in [1.807, 2.05) is 0 Å². The molecule has 2 fully saturated rings. The number of hydrogen-bond acceptors (Lipinski definition) is 1. The second-order valence-electron chi connectivity index (χ2n) is 5.27. The second-order valence-corrected chi connectivity index (χ2v) is 5.27. The third kappa shape index (κ3) is 3.39. The summed E-state index contributed by atoms with van der Waals surface area (Å²) in [6.45, 7) is 5.26. The zero-order valence-electron chi connectivity index (χ0n) is 10.6. The molecule has 2 aliphatic carbocycles. The zero-order chi connectivity index (χ0) is 11.4. The van der Waals surface area contributed by atoms with Crippen molar-refractivity contribution in [3.63, 3.8) is 0 Å². The summed E-state index contributed by atoms with van der Waals surface area (Å²) in [4.78, 5) is 4.53. The Balaban J connectivity index is 1.79. The topological polar surface area (TPSA) is 36.4 Å². The second kappa shape index (κ2) is 5.55. The van der Waals surface area contributed by atoms with Crippen molar-refractivity contribution in [2.24, 2.45) is 10.9 Å². The van der Waals surface area contributed by atoms with Gasteiger partial charge in [-0.2, -0.15) is 0 Å². The van der Waals surface area contributed by atoms with Gasteiger partial charge in [0, 0.05) is 18.6 Å². The Hall–Kier alpha value is -0.730. The van der Waals surface area contributed by atoms with Gasteiger partial charge in [0.2, 0.25) is 0 Å². The molecule has 0 saturated heterocycles. The minimum atomic E-state index is 0.653. The summed E-state index contributed by atoms with van der Waals surface area (Å²) >= 11 is 0. The molecule has 0 aromatic heterocycles. The molecule has 0 heterocycles. The standard InChI is InChI=1S/C13H25N3/c1-3-14-13(16-12-9-10(12)2)15-11-7-5-4-6-8-11/h10-12H,3-9H2,1-2H3,(H2,14,15,16). The maximum Gasteiger partial charge on any atom is 0.191 e. The molecule has 0 aromatic rings. The van der Waals surface area contributed by atoms with Crippen LogP contribution in [0.3, 0.4) is 0 Å². The van der Waals surface area contributed by atoms with E-state index >= 15 is 0 Å². The number of nitrogens with zero attached hydrogens (tertiary/aromatic N) is 1. The molecule has 2 saturated carbocycles. The summed E-state index contributed by atoms with van der Waals surface area (Å²) in [6.07, 6.45) is 8.07. The van der Waals surface area contributed by atoms with E-state index in [9.17, 15) is 0 Å². The first kappa shape index (κ1) is 11.7. The fourth-order valence-electron chi connectivity index (χ4n) is 2.43. The van der Waals surface area contributed by atoms with Crippen LogP contribution < -0.4 is 10.6 Å². The van der Waals surface area contributed by atoms with E-state index in [4.69, 9.17) is 0 Å². The molecule has 3 nitrogen and oxygen atoms in total. The SMILES string of the molecule is CCN=C(NC1CCCCC1)NC1CC1C. The third-order valence-corrected chi connectivity index (χ3v) is 3.69. The molecule has 0 amide bonds. The predicted molar refractivity (Wildman–Crippen MR) is 68.7 cm³/mol. The minimum absolute atomic E-state index is 0.653. The number of guanidine groups is 1. The maximum absolute atomic E-state index is 4.53. The van der Waals surface area contributed by atoms with Crippen molar-refractivity contribution < 1.29 is 0 Å². The molecule has 0 aliphatic heterocycles. The highest BCUT2D eigenvalue weighted by atomic mass is 15.2. The fourth-order valence-corrected chi connectivity index (χ4v) is 2.43. The molecule has 2 N–H and O–H groups in total. The molecular weight excluding hydrogens is 198 g/mol. The molecular formula is C13H25N3. The molecule has 92 valence electrons. The molecule has 16 heavy (non-hydrogen) atoms. The van der Waals surface area contributed by atoms with Gasteiger partial charge in [-0.15, -0.1) is 0 Å². The molecule has 0 aromatic carbocycles. The fraction of sp³-hybridized carbons (Fsp3) is 0.923. The molecule has 0 bridgehead atoms. The van der Waals surface area contributed by atoms with Crippen LogP contribution in [0.4, 0.5) is 0 Å². The van der Waals surface area contributed by atoms with Crippen LogP contribution in [0.5, 0.6) is 0 Å². The zero-order valence-corrected chi connectivity index (χ0v) is 10.6. The number of rotatable bonds is 3. The van der Waals surface area contributed by atoms with E-state index in [1.54, 1.807) is 0 Å². The number of nitrogens with one attached hydrogen (secondary N) is 2. The first-order valence-corrected chi connectivity index (χ1v) is 6.87. The Kier molecular flexibility index (Phi) is 4.08. The van der Waals surface area contributed by atoms with E-state index < -0.39 is 0 Å². The van der Waals surface area contributed by atoms with Gasteiger partial charge in [-0.3, -0.25) is 4.99 Å². The van der Waals surface area contributed by atoms with Gasteiger partial charge < -0.3 is 10.6 Å². The van der Waals surface area contributed by atoms with Gasteiger partial charge in [0.1, 0.15) is 0 Å². The average molecular weight is 223 g/mol.